The largest absolute Gasteiger partial charge is 0.497 e. The van der Waals surface area contributed by atoms with E-state index in [4.69, 9.17) is 14.2 Å². The highest BCUT2D eigenvalue weighted by molar-refractivity contribution is 6.08. The average Bonchev–Trinajstić information content (AvgIpc) is 2.79. The summed E-state index contributed by atoms with van der Waals surface area (Å²) in [6.07, 6.45) is 2.05. The number of allylic oxidation sites excluding steroid dienone is 2. The van der Waals surface area contributed by atoms with Gasteiger partial charge in [0.25, 0.3) is 0 Å². The summed E-state index contributed by atoms with van der Waals surface area (Å²) in [5.74, 6) is 1.61. The minimum atomic E-state index is -0.314. The fraction of sp³-hybridized carbons (Fsp3) is 0.360. The van der Waals surface area contributed by atoms with Gasteiger partial charge in [-0.1, -0.05) is 18.2 Å². The molecule has 2 aliphatic rings. The van der Waals surface area contributed by atoms with Gasteiger partial charge in [-0.05, 0) is 38.0 Å². The van der Waals surface area contributed by atoms with E-state index in [0.717, 1.165) is 17.0 Å². The third-order valence-corrected chi connectivity index (χ3v) is 5.90. The number of ether oxygens (including phenoxy) is 3. The Hall–Kier alpha value is -3.28. The highest BCUT2D eigenvalue weighted by atomic mass is 16.5. The van der Waals surface area contributed by atoms with Gasteiger partial charge in [0.05, 0.1) is 26.5 Å². The Labute approximate surface area is 182 Å². The second-order valence-corrected chi connectivity index (χ2v) is 7.63. The third kappa shape index (κ3) is 3.78. The highest BCUT2D eigenvalue weighted by Gasteiger charge is 2.41. The van der Waals surface area contributed by atoms with Crippen LogP contribution in [0, 0.1) is 0 Å². The Balaban J connectivity index is 1.89. The molecule has 6 nitrogen and oxygen atoms in total. The number of hydrogen-bond acceptors (Lipinski definition) is 5. The van der Waals surface area contributed by atoms with Gasteiger partial charge in [0.15, 0.2) is 5.78 Å². The standard InChI is InChI=1S/C25H27NO5/c1-4-31-22-11-6-5-8-17(22)18-15-24(28)26(19-9-7-10-21(27)25(18)19)20-14-16(29-2)12-13-23(20)30-3/h5-6,8,11-14,18H,4,7,9-10,15H2,1-3H3. The van der Waals surface area contributed by atoms with E-state index in [9.17, 15) is 9.59 Å². The molecule has 4 rings (SSSR count). The lowest BCUT2D eigenvalue weighted by Gasteiger charge is -2.39. The molecule has 0 spiro atoms. The van der Waals surface area contributed by atoms with E-state index in [1.54, 1.807) is 37.3 Å². The molecule has 0 bridgehead atoms. The zero-order valence-corrected chi connectivity index (χ0v) is 18.1. The molecular formula is C25H27NO5. The Morgan fingerprint density at radius 3 is 2.55 bits per heavy atom. The van der Waals surface area contributed by atoms with Gasteiger partial charge < -0.3 is 14.2 Å². The van der Waals surface area contributed by atoms with Crippen LogP contribution in [0.3, 0.4) is 0 Å². The molecule has 0 aromatic heterocycles. The molecule has 1 aliphatic heterocycles. The van der Waals surface area contributed by atoms with Gasteiger partial charge in [-0.15, -0.1) is 0 Å². The maximum Gasteiger partial charge on any atom is 0.232 e. The van der Waals surface area contributed by atoms with E-state index in [2.05, 4.69) is 0 Å². The number of amides is 1. The maximum atomic E-state index is 13.5. The molecule has 0 N–H and O–H groups in total. The van der Waals surface area contributed by atoms with Crippen LogP contribution in [0.25, 0.3) is 0 Å². The summed E-state index contributed by atoms with van der Waals surface area (Å²) in [4.78, 5) is 28.3. The predicted octanol–water partition coefficient (Wildman–Crippen LogP) is 4.63. The lowest BCUT2D eigenvalue weighted by atomic mass is 9.77. The molecule has 0 radical (unpaired) electrons. The molecular weight excluding hydrogens is 394 g/mol. The van der Waals surface area contributed by atoms with Crippen molar-refractivity contribution in [3.63, 3.8) is 0 Å². The first-order chi connectivity index (χ1) is 15.1. The number of ketones is 1. The molecule has 6 heteroatoms. The minimum absolute atomic E-state index is 0.0729. The number of hydrogen-bond donors (Lipinski definition) is 0. The minimum Gasteiger partial charge on any atom is -0.497 e. The molecule has 1 amide bonds. The monoisotopic (exact) mass is 421 g/mol. The van der Waals surface area contributed by atoms with Gasteiger partial charge in [0.1, 0.15) is 17.2 Å². The summed E-state index contributed by atoms with van der Waals surface area (Å²) in [5, 5.41) is 0. The van der Waals surface area contributed by atoms with E-state index in [1.165, 1.54) is 0 Å². The number of para-hydroxylation sites is 1. The zero-order chi connectivity index (χ0) is 22.0. The summed E-state index contributed by atoms with van der Waals surface area (Å²) in [7, 11) is 3.15. The van der Waals surface area contributed by atoms with Crippen LogP contribution in [0.5, 0.6) is 17.2 Å². The topological polar surface area (TPSA) is 65.1 Å². The van der Waals surface area contributed by atoms with Gasteiger partial charge in [-0.3, -0.25) is 14.5 Å². The molecule has 0 fully saturated rings. The van der Waals surface area contributed by atoms with Gasteiger partial charge in [0.2, 0.25) is 5.91 Å². The molecule has 2 aromatic carbocycles. The fourth-order valence-electron chi connectivity index (χ4n) is 4.56. The van der Waals surface area contributed by atoms with Gasteiger partial charge in [-0.2, -0.15) is 0 Å². The second-order valence-electron chi connectivity index (χ2n) is 7.63. The van der Waals surface area contributed by atoms with Crippen LogP contribution in [0.1, 0.15) is 44.1 Å². The fourth-order valence-corrected chi connectivity index (χ4v) is 4.56. The Morgan fingerprint density at radius 1 is 1.00 bits per heavy atom. The SMILES string of the molecule is CCOc1ccccc1C1CC(=O)N(c2cc(OC)ccc2OC)C2=C1C(=O)CCC2. The quantitative estimate of drug-likeness (QED) is 0.680. The van der Waals surface area contributed by atoms with Crippen molar-refractivity contribution in [2.45, 2.75) is 38.5 Å². The van der Waals surface area contributed by atoms with Gasteiger partial charge in [-0.25, -0.2) is 0 Å². The zero-order valence-electron chi connectivity index (χ0n) is 18.1. The second kappa shape index (κ2) is 8.84. The third-order valence-electron chi connectivity index (χ3n) is 5.90. The van der Waals surface area contributed by atoms with Crippen molar-refractivity contribution in [3.8, 4) is 17.2 Å². The van der Waals surface area contributed by atoms with Crippen molar-refractivity contribution in [1.82, 2.24) is 0 Å². The summed E-state index contributed by atoms with van der Waals surface area (Å²) >= 11 is 0. The smallest absolute Gasteiger partial charge is 0.232 e. The first-order valence-corrected chi connectivity index (χ1v) is 10.6. The van der Waals surface area contributed by atoms with Crippen molar-refractivity contribution in [1.29, 1.82) is 0 Å². The Morgan fingerprint density at radius 2 is 1.81 bits per heavy atom. The number of benzene rings is 2. The van der Waals surface area contributed by atoms with Crippen molar-refractivity contribution in [3.05, 3.63) is 59.3 Å². The maximum absolute atomic E-state index is 13.5. The normalized spacial score (nSPS) is 18.7. The number of anilines is 1. The number of carbonyl (C=O) groups excluding carboxylic acids is 2. The van der Waals surface area contributed by atoms with Crippen molar-refractivity contribution < 1.29 is 23.8 Å². The molecule has 162 valence electrons. The van der Waals surface area contributed by atoms with Crippen LogP contribution in [0.2, 0.25) is 0 Å². The van der Waals surface area contributed by atoms with Crippen LogP contribution in [-0.4, -0.2) is 32.5 Å². The number of carbonyl (C=O) groups is 2. The van der Waals surface area contributed by atoms with Crippen molar-refractivity contribution in [2.24, 2.45) is 0 Å². The van der Waals surface area contributed by atoms with Crippen LogP contribution < -0.4 is 19.1 Å². The van der Waals surface area contributed by atoms with E-state index in [-0.39, 0.29) is 24.0 Å². The molecule has 1 heterocycles. The lowest BCUT2D eigenvalue weighted by molar-refractivity contribution is -0.120. The summed E-state index contributed by atoms with van der Waals surface area (Å²) in [6.45, 7) is 2.45. The predicted molar refractivity (Wildman–Crippen MR) is 118 cm³/mol. The van der Waals surface area contributed by atoms with Crippen LogP contribution in [0.4, 0.5) is 5.69 Å². The molecule has 2 aromatic rings. The summed E-state index contributed by atoms with van der Waals surface area (Å²) in [6, 6.07) is 13.0. The van der Waals surface area contributed by atoms with Crippen LogP contribution in [0.15, 0.2) is 53.7 Å². The van der Waals surface area contributed by atoms with Gasteiger partial charge in [0, 0.05) is 41.7 Å². The van der Waals surface area contributed by atoms with Crippen LogP contribution in [-0.2, 0) is 9.59 Å². The summed E-state index contributed by atoms with van der Waals surface area (Å²) in [5.41, 5.74) is 2.96. The van der Waals surface area contributed by atoms with Gasteiger partial charge >= 0.3 is 0 Å². The number of rotatable bonds is 6. The number of methoxy groups -OCH3 is 2. The first-order valence-electron chi connectivity index (χ1n) is 10.6. The molecule has 1 atom stereocenters. The lowest BCUT2D eigenvalue weighted by Crippen LogP contribution is -2.40. The molecule has 1 unspecified atom stereocenters. The number of Topliss-reactive ketones (excluding diaryl/α,β-unsaturated/α-hetero) is 1. The molecule has 31 heavy (non-hydrogen) atoms. The number of nitrogens with zero attached hydrogens (tertiary/aromatic N) is 1. The molecule has 0 saturated carbocycles. The van der Waals surface area contributed by atoms with Crippen LogP contribution >= 0.6 is 0 Å². The van der Waals surface area contributed by atoms with Crippen molar-refractivity contribution >= 4 is 17.4 Å². The van der Waals surface area contributed by atoms with Crippen molar-refractivity contribution in [2.75, 3.05) is 25.7 Å². The molecule has 1 aliphatic carbocycles. The average molecular weight is 421 g/mol. The highest BCUT2D eigenvalue weighted by Crippen LogP contribution is 2.47. The molecule has 0 saturated heterocycles. The van der Waals surface area contributed by atoms with E-state index in [1.807, 2.05) is 31.2 Å². The van der Waals surface area contributed by atoms with E-state index < -0.39 is 0 Å². The summed E-state index contributed by atoms with van der Waals surface area (Å²) < 4.78 is 16.7. The Kier molecular flexibility index (Phi) is 5.98. The Bertz CT molecular complexity index is 1040. The van der Waals surface area contributed by atoms with E-state index in [0.29, 0.717) is 48.6 Å². The van der Waals surface area contributed by atoms with E-state index >= 15 is 0 Å². The first kappa shape index (κ1) is 21.0.